The van der Waals surface area contributed by atoms with E-state index in [1.807, 2.05) is 6.07 Å². The summed E-state index contributed by atoms with van der Waals surface area (Å²) in [4.78, 5) is 29.9. The van der Waals surface area contributed by atoms with Gasteiger partial charge in [0.15, 0.2) is 0 Å². The van der Waals surface area contributed by atoms with E-state index in [0.29, 0.717) is 18.4 Å². The van der Waals surface area contributed by atoms with Crippen LogP contribution < -0.4 is 0 Å². The van der Waals surface area contributed by atoms with Crippen molar-refractivity contribution in [2.24, 2.45) is 0 Å². The molecule has 2 heterocycles. The molecule has 0 amide bonds. The Labute approximate surface area is 166 Å². The van der Waals surface area contributed by atoms with Crippen LogP contribution in [-0.4, -0.2) is 35.1 Å². The molecule has 8 heteroatoms. The SMILES string of the molecule is CCOC(=O)Cc1ccc(Br)nc1.CCOC(=O)Cc1ccc(Cl)nc1. The van der Waals surface area contributed by atoms with Crippen LogP contribution in [0.4, 0.5) is 0 Å². The molecule has 0 saturated carbocycles. The average Bonchev–Trinajstić information content (AvgIpc) is 2.60. The van der Waals surface area contributed by atoms with Crippen molar-refractivity contribution in [2.45, 2.75) is 26.7 Å². The van der Waals surface area contributed by atoms with Gasteiger partial charge in [0.2, 0.25) is 0 Å². The number of carbonyl (C=O) groups excluding carboxylic acids is 2. The van der Waals surface area contributed by atoms with E-state index in [-0.39, 0.29) is 24.8 Å². The van der Waals surface area contributed by atoms with Crippen LogP contribution in [0.3, 0.4) is 0 Å². The van der Waals surface area contributed by atoms with Crippen molar-refractivity contribution in [1.29, 1.82) is 0 Å². The van der Waals surface area contributed by atoms with Gasteiger partial charge in [0, 0.05) is 12.4 Å². The maximum absolute atomic E-state index is 11.0. The summed E-state index contributed by atoms with van der Waals surface area (Å²) in [6.45, 7) is 4.39. The number of aromatic nitrogens is 2. The molecule has 0 saturated heterocycles. The molecule has 140 valence electrons. The van der Waals surface area contributed by atoms with Crippen molar-refractivity contribution < 1.29 is 19.1 Å². The van der Waals surface area contributed by atoms with E-state index in [9.17, 15) is 9.59 Å². The molecule has 0 aliphatic rings. The third-order valence-corrected chi connectivity index (χ3v) is 3.58. The van der Waals surface area contributed by atoms with Crippen LogP contribution in [-0.2, 0) is 31.9 Å². The van der Waals surface area contributed by atoms with Crippen LogP contribution >= 0.6 is 27.5 Å². The Morgan fingerprint density at radius 3 is 1.81 bits per heavy atom. The lowest BCUT2D eigenvalue weighted by molar-refractivity contribution is -0.143. The van der Waals surface area contributed by atoms with Gasteiger partial charge in [0.05, 0.1) is 26.1 Å². The monoisotopic (exact) mass is 442 g/mol. The lowest BCUT2D eigenvalue weighted by Crippen LogP contribution is -2.07. The van der Waals surface area contributed by atoms with Crippen molar-refractivity contribution in [2.75, 3.05) is 13.2 Å². The summed E-state index contributed by atoms with van der Waals surface area (Å²) in [6.07, 6.45) is 3.76. The molecule has 0 fully saturated rings. The van der Waals surface area contributed by atoms with Gasteiger partial charge in [-0.25, -0.2) is 9.97 Å². The van der Waals surface area contributed by atoms with Crippen molar-refractivity contribution in [1.82, 2.24) is 9.97 Å². The predicted octanol–water partition coefficient (Wildman–Crippen LogP) is 3.79. The molecule has 0 aromatic carbocycles. The van der Waals surface area contributed by atoms with Gasteiger partial charge < -0.3 is 9.47 Å². The quantitative estimate of drug-likeness (QED) is 0.499. The van der Waals surface area contributed by atoms with Gasteiger partial charge in [-0.05, 0) is 53.0 Å². The van der Waals surface area contributed by atoms with E-state index in [2.05, 4.69) is 25.9 Å². The predicted molar refractivity (Wildman–Crippen MR) is 102 cm³/mol. The van der Waals surface area contributed by atoms with Crippen LogP contribution in [0, 0.1) is 0 Å². The first-order chi connectivity index (χ1) is 12.4. The van der Waals surface area contributed by atoms with E-state index in [4.69, 9.17) is 21.1 Å². The second kappa shape index (κ2) is 12.4. The van der Waals surface area contributed by atoms with E-state index < -0.39 is 0 Å². The Morgan fingerprint density at radius 1 is 0.923 bits per heavy atom. The van der Waals surface area contributed by atoms with E-state index in [1.165, 1.54) is 0 Å². The Balaban J connectivity index is 0.000000260. The number of pyridine rings is 2. The number of halogens is 2. The van der Waals surface area contributed by atoms with Gasteiger partial charge in [-0.3, -0.25) is 9.59 Å². The average molecular weight is 444 g/mol. The van der Waals surface area contributed by atoms with Gasteiger partial charge in [0.1, 0.15) is 9.76 Å². The summed E-state index contributed by atoms with van der Waals surface area (Å²) in [5.41, 5.74) is 1.67. The molecular weight excluding hydrogens is 424 g/mol. The third-order valence-electron chi connectivity index (χ3n) is 2.88. The number of rotatable bonds is 6. The van der Waals surface area contributed by atoms with Crippen LogP contribution in [0.2, 0.25) is 5.15 Å². The molecule has 0 bridgehead atoms. The highest BCUT2D eigenvalue weighted by molar-refractivity contribution is 9.10. The number of carbonyl (C=O) groups is 2. The Morgan fingerprint density at radius 2 is 1.42 bits per heavy atom. The fourth-order valence-electron chi connectivity index (χ4n) is 1.78. The maximum Gasteiger partial charge on any atom is 0.310 e. The van der Waals surface area contributed by atoms with Crippen molar-refractivity contribution in [3.8, 4) is 0 Å². The summed E-state index contributed by atoms with van der Waals surface area (Å²) in [6, 6.07) is 7.05. The smallest absolute Gasteiger partial charge is 0.310 e. The van der Waals surface area contributed by atoms with Gasteiger partial charge in [-0.15, -0.1) is 0 Å². The minimum atomic E-state index is -0.244. The molecule has 0 aliphatic carbocycles. The normalized spacial score (nSPS) is 9.69. The number of hydrogen-bond donors (Lipinski definition) is 0. The first-order valence-corrected chi connectivity index (χ1v) is 9.13. The first-order valence-electron chi connectivity index (χ1n) is 7.96. The second-order valence-electron chi connectivity index (χ2n) is 4.94. The van der Waals surface area contributed by atoms with Crippen LogP contribution in [0.5, 0.6) is 0 Å². The number of nitrogens with zero attached hydrogens (tertiary/aromatic N) is 2. The highest BCUT2D eigenvalue weighted by Crippen LogP contribution is 2.07. The zero-order valence-corrected chi connectivity index (χ0v) is 16.9. The zero-order valence-electron chi connectivity index (χ0n) is 14.6. The summed E-state index contributed by atoms with van der Waals surface area (Å²) in [7, 11) is 0. The van der Waals surface area contributed by atoms with Crippen molar-refractivity contribution in [3.05, 3.63) is 57.5 Å². The maximum atomic E-state index is 11.0. The minimum Gasteiger partial charge on any atom is -0.466 e. The fourth-order valence-corrected chi connectivity index (χ4v) is 2.13. The number of ether oxygens (including phenoxy) is 2. The van der Waals surface area contributed by atoms with Crippen LogP contribution in [0.1, 0.15) is 25.0 Å². The van der Waals surface area contributed by atoms with Gasteiger partial charge in [-0.2, -0.15) is 0 Å². The molecule has 0 atom stereocenters. The van der Waals surface area contributed by atoms with E-state index >= 15 is 0 Å². The molecule has 2 aromatic heterocycles. The van der Waals surface area contributed by atoms with Gasteiger partial charge in [0.25, 0.3) is 0 Å². The summed E-state index contributed by atoms with van der Waals surface area (Å²) >= 11 is 8.80. The van der Waals surface area contributed by atoms with E-state index in [0.717, 1.165) is 15.7 Å². The first kappa shape index (κ1) is 22.1. The standard InChI is InChI=1S/C9H10BrNO2.C9H10ClNO2/c2*1-2-13-9(12)5-7-3-4-8(10)11-6-7/h2*3-4,6H,2,5H2,1H3. The molecule has 6 nitrogen and oxygen atoms in total. The Kier molecular flexibility index (Phi) is 10.5. The molecule has 26 heavy (non-hydrogen) atoms. The number of hydrogen-bond acceptors (Lipinski definition) is 6. The largest absolute Gasteiger partial charge is 0.466 e. The minimum absolute atomic E-state index is 0.216. The summed E-state index contributed by atoms with van der Waals surface area (Å²) < 4.78 is 10.3. The Bertz CT molecular complexity index is 632. The second-order valence-corrected chi connectivity index (χ2v) is 6.14. The van der Waals surface area contributed by atoms with Crippen LogP contribution in [0.15, 0.2) is 41.3 Å². The van der Waals surface area contributed by atoms with E-state index in [1.54, 1.807) is 44.4 Å². The molecule has 0 spiro atoms. The molecule has 2 rings (SSSR count). The molecule has 0 aliphatic heterocycles. The van der Waals surface area contributed by atoms with Crippen molar-refractivity contribution in [3.63, 3.8) is 0 Å². The molecular formula is C18H20BrClN2O4. The molecule has 2 aromatic rings. The lowest BCUT2D eigenvalue weighted by Gasteiger charge is -2.00. The summed E-state index contributed by atoms with van der Waals surface area (Å²) in [5.74, 6) is -0.460. The fraction of sp³-hybridized carbons (Fsp3) is 0.333. The Hall–Kier alpha value is -1.99. The molecule has 0 unspecified atom stereocenters. The van der Waals surface area contributed by atoms with Gasteiger partial charge in [-0.1, -0.05) is 23.7 Å². The van der Waals surface area contributed by atoms with Crippen LogP contribution in [0.25, 0.3) is 0 Å². The van der Waals surface area contributed by atoms with Gasteiger partial charge >= 0.3 is 11.9 Å². The third kappa shape index (κ3) is 9.48. The number of esters is 2. The lowest BCUT2D eigenvalue weighted by atomic mass is 10.2. The molecule has 0 N–H and O–H groups in total. The molecule has 0 radical (unpaired) electrons. The summed E-state index contributed by atoms with van der Waals surface area (Å²) in [5, 5.41) is 0.424. The highest BCUT2D eigenvalue weighted by Gasteiger charge is 2.04. The highest BCUT2D eigenvalue weighted by atomic mass is 79.9. The topological polar surface area (TPSA) is 78.4 Å². The zero-order chi connectivity index (χ0) is 19.4. The van der Waals surface area contributed by atoms with Crippen molar-refractivity contribution >= 4 is 39.5 Å².